The zero-order valence-electron chi connectivity index (χ0n) is 12.4. The zero-order chi connectivity index (χ0) is 15.2. The highest BCUT2D eigenvalue weighted by molar-refractivity contribution is 6.30. The Morgan fingerprint density at radius 1 is 1.38 bits per heavy atom. The number of aliphatic hydroxyl groups excluding tert-OH is 1. The molecule has 1 saturated heterocycles. The van der Waals surface area contributed by atoms with E-state index in [4.69, 9.17) is 11.6 Å². The average molecular weight is 311 g/mol. The first-order chi connectivity index (χ1) is 10.1. The third-order valence-corrected chi connectivity index (χ3v) is 4.50. The Bertz CT molecular complexity index is 447. The van der Waals surface area contributed by atoms with E-state index in [-0.39, 0.29) is 18.6 Å². The van der Waals surface area contributed by atoms with E-state index in [0.29, 0.717) is 6.54 Å². The fourth-order valence-electron chi connectivity index (χ4n) is 2.80. The molecule has 2 rings (SSSR count). The summed E-state index contributed by atoms with van der Waals surface area (Å²) in [7, 11) is 2.09. The smallest absolute Gasteiger partial charge is 0.245 e. The van der Waals surface area contributed by atoms with Crippen molar-refractivity contribution in [1.82, 2.24) is 9.80 Å². The van der Waals surface area contributed by atoms with Crippen LogP contribution in [0.3, 0.4) is 0 Å². The van der Waals surface area contributed by atoms with Gasteiger partial charge in [0.15, 0.2) is 0 Å². The van der Waals surface area contributed by atoms with E-state index in [0.717, 1.165) is 31.5 Å². The van der Waals surface area contributed by atoms with Gasteiger partial charge in [0.05, 0.1) is 6.61 Å². The number of halogens is 1. The van der Waals surface area contributed by atoms with Crippen molar-refractivity contribution >= 4 is 17.5 Å². The number of amides is 1. The summed E-state index contributed by atoms with van der Waals surface area (Å²) in [5.41, 5.74) is 0.806. The molecule has 1 unspecified atom stereocenters. The molecule has 116 valence electrons. The van der Waals surface area contributed by atoms with Gasteiger partial charge in [0, 0.05) is 12.6 Å². The van der Waals surface area contributed by atoms with Crippen LogP contribution in [-0.2, 0) is 4.79 Å². The molecule has 5 heteroatoms. The summed E-state index contributed by atoms with van der Waals surface area (Å²) in [4.78, 5) is 16.7. The summed E-state index contributed by atoms with van der Waals surface area (Å²) in [5, 5.41) is 8.59. The Morgan fingerprint density at radius 2 is 2.00 bits per heavy atom. The topological polar surface area (TPSA) is 43.8 Å². The summed E-state index contributed by atoms with van der Waals surface area (Å²) in [5.74, 6) is -0.105. The first kappa shape index (κ1) is 16.3. The summed E-state index contributed by atoms with van der Waals surface area (Å²) in [6, 6.07) is 9.56. The molecule has 0 saturated carbocycles. The maximum Gasteiger partial charge on any atom is 0.245 e. The number of hydrogen-bond donors (Lipinski definition) is 1. The molecule has 4 nitrogen and oxygen atoms in total. The summed E-state index contributed by atoms with van der Waals surface area (Å²) < 4.78 is 0. The van der Waals surface area contributed by atoms with E-state index in [1.165, 1.54) is 0 Å². The van der Waals surface area contributed by atoms with Crippen LogP contribution in [0.5, 0.6) is 0 Å². The van der Waals surface area contributed by atoms with E-state index < -0.39 is 5.38 Å². The van der Waals surface area contributed by atoms with Gasteiger partial charge in [0.2, 0.25) is 5.91 Å². The fraction of sp³-hybridized carbons (Fsp3) is 0.562. The van der Waals surface area contributed by atoms with Gasteiger partial charge < -0.3 is 14.9 Å². The standard InChI is InChI=1S/C16H23ClN2O2/c1-18-9-7-14(8-10-18)19(11-12-20)16(21)15(17)13-5-3-2-4-6-13/h2-6,14-15,20H,7-12H2,1H3. The molecule has 1 aromatic carbocycles. The van der Waals surface area contributed by atoms with Crippen LogP contribution in [-0.4, -0.2) is 60.1 Å². The number of hydrogen-bond acceptors (Lipinski definition) is 3. The lowest BCUT2D eigenvalue weighted by molar-refractivity contribution is -0.134. The van der Waals surface area contributed by atoms with Gasteiger partial charge in [-0.15, -0.1) is 11.6 Å². The number of benzene rings is 1. The molecule has 1 fully saturated rings. The molecule has 1 aliphatic heterocycles. The Balaban J connectivity index is 2.08. The number of rotatable bonds is 5. The van der Waals surface area contributed by atoms with Gasteiger partial charge in [-0.25, -0.2) is 0 Å². The molecular weight excluding hydrogens is 288 g/mol. The van der Waals surface area contributed by atoms with Crippen molar-refractivity contribution in [3.63, 3.8) is 0 Å². The third-order valence-electron chi connectivity index (χ3n) is 4.06. The summed E-state index contributed by atoms with van der Waals surface area (Å²) in [6.07, 6.45) is 1.86. The highest BCUT2D eigenvalue weighted by atomic mass is 35.5. The minimum absolute atomic E-state index is 0.0313. The quantitative estimate of drug-likeness (QED) is 0.845. The van der Waals surface area contributed by atoms with Crippen LogP contribution in [0.15, 0.2) is 30.3 Å². The second-order valence-corrected chi connectivity index (χ2v) is 6.00. The average Bonchev–Trinajstić information content (AvgIpc) is 2.53. The maximum atomic E-state index is 12.7. The van der Waals surface area contributed by atoms with Gasteiger partial charge in [0.1, 0.15) is 5.38 Å². The number of carbonyl (C=O) groups is 1. The van der Waals surface area contributed by atoms with Crippen LogP contribution < -0.4 is 0 Å². The van der Waals surface area contributed by atoms with E-state index in [2.05, 4.69) is 11.9 Å². The van der Waals surface area contributed by atoms with Crippen LogP contribution in [0.4, 0.5) is 0 Å². The minimum Gasteiger partial charge on any atom is -0.395 e. The van der Waals surface area contributed by atoms with Crippen LogP contribution in [0.2, 0.25) is 0 Å². The van der Waals surface area contributed by atoms with Gasteiger partial charge in [-0.05, 0) is 38.5 Å². The Labute approximate surface area is 131 Å². The van der Waals surface area contributed by atoms with E-state index in [1.54, 1.807) is 4.90 Å². The van der Waals surface area contributed by atoms with E-state index >= 15 is 0 Å². The lowest BCUT2D eigenvalue weighted by Crippen LogP contribution is -2.48. The zero-order valence-corrected chi connectivity index (χ0v) is 13.2. The molecular formula is C16H23ClN2O2. The molecule has 1 atom stereocenters. The lowest BCUT2D eigenvalue weighted by Gasteiger charge is -2.38. The van der Waals surface area contributed by atoms with Crippen molar-refractivity contribution in [3.8, 4) is 0 Å². The van der Waals surface area contributed by atoms with Crippen molar-refractivity contribution in [2.45, 2.75) is 24.3 Å². The first-order valence-corrected chi connectivity index (χ1v) is 7.86. The van der Waals surface area contributed by atoms with Crippen LogP contribution in [0.25, 0.3) is 0 Å². The highest BCUT2D eigenvalue weighted by Crippen LogP contribution is 2.26. The van der Waals surface area contributed by atoms with Crippen molar-refractivity contribution in [3.05, 3.63) is 35.9 Å². The van der Waals surface area contributed by atoms with Gasteiger partial charge in [-0.2, -0.15) is 0 Å². The number of aliphatic hydroxyl groups is 1. The summed E-state index contributed by atoms with van der Waals surface area (Å²) >= 11 is 6.35. The molecule has 0 bridgehead atoms. The Hall–Kier alpha value is -1.10. The molecule has 0 spiro atoms. The van der Waals surface area contributed by atoms with Crippen LogP contribution in [0.1, 0.15) is 23.8 Å². The van der Waals surface area contributed by atoms with Crippen molar-refractivity contribution in [1.29, 1.82) is 0 Å². The van der Waals surface area contributed by atoms with E-state index in [1.807, 2.05) is 30.3 Å². The molecule has 1 aliphatic rings. The van der Waals surface area contributed by atoms with E-state index in [9.17, 15) is 9.90 Å². The number of carbonyl (C=O) groups excluding carboxylic acids is 1. The molecule has 1 amide bonds. The largest absolute Gasteiger partial charge is 0.395 e. The van der Waals surface area contributed by atoms with Gasteiger partial charge in [-0.1, -0.05) is 30.3 Å². The molecule has 0 radical (unpaired) electrons. The van der Waals surface area contributed by atoms with Crippen molar-refractivity contribution in [2.75, 3.05) is 33.3 Å². The number of likely N-dealkylation sites (tertiary alicyclic amines) is 1. The molecule has 1 heterocycles. The predicted molar refractivity (Wildman–Crippen MR) is 84.4 cm³/mol. The lowest BCUT2D eigenvalue weighted by atomic mass is 10.0. The van der Waals surface area contributed by atoms with Crippen molar-refractivity contribution < 1.29 is 9.90 Å². The minimum atomic E-state index is -0.683. The van der Waals surface area contributed by atoms with Gasteiger partial charge >= 0.3 is 0 Å². The summed E-state index contributed by atoms with van der Waals surface area (Å²) in [6.45, 7) is 2.26. The van der Waals surface area contributed by atoms with Crippen LogP contribution in [0, 0.1) is 0 Å². The SMILES string of the molecule is CN1CCC(N(CCO)C(=O)C(Cl)c2ccccc2)CC1. The maximum absolute atomic E-state index is 12.7. The molecule has 0 aromatic heterocycles. The molecule has 1 aromatic rings. The Morgan fingerprint density at radius 3 is 2.57 bits per heavy atom. The fourth-order valence-corrected chi connectivity index (χ4v) is 3.07. The number of nitrogens with zero attached hydrogens (tertiary/aromatic N) is 2. The van der Waals surface area contributed by atoms with Crippen LogP contribution >= 0.6 is 11.6 Å². The Kier molecular flexibility index (Phi) is 6.03. The molecule has 0 aliphatic carbocycles. The predicted octanol–water partition coefficient (Wildman–Crippen LogP) is 1.88. The van der Waals surface area contributed by atoms with Gasteiger partial charge in [-0.3, -0.25) is 4.79 Å². The highest BCUT2D eigenvalue weighted by Gasteiger charge is 2.30. The third kappa shape index (κ3) is 4.19. The monoisotopic (exact) mass is 310 g/mol. The number of piperidine rings is 1. The van der Waals surface area contributed by atoms with Crippen molar-refractivity contribution in [2.24, 2.45) is 0 Å². The normalized spacial score (nSPS) is 18.4. The molecule has 21 heavy (non-hydrogen) atoms. The number of alkyl halides is 1. The first-order valence-electron chi connectivity index (χ1n) is 7.42. The second kappa shape index (κ2) is 7.78. The second-order valence-electron chi connectivity index (χ2n) is 5.56. The molecule has 1 N–H and O–H groups in total. The van der Waals surface area contributed by atoms with Gasteiger partial charge in [0.25, 0.3) is 0 Å².